The van der Waals surface area contributed by atoms with Crippen LogP contribution in [-0.2, 0) is 28.1 Å². The number of halogens is 16. The van der Waals surface area contributed by atoms with Crippen LogP contribution in [0.2, 0.25) is 10.0 Å². The minimum absolute atomic E-state index is 0.00662. The highest BCUT2D eigenvalue weighted by Gasteiger charge is 2.46. The Bertz CT molecular complexity index is 2140. The molecule has 58 heavy (non-hydrogen) atoms. The van der Waals surface area contributed by atoms with E-state index in [1.54, 1.807) is 0 Å². The van der Waals surface area contributed by atoms with E-state index in [2.05, 4.69) is 25.3 Å². The minimum Gasteiger partial charge on any atom is -0.327 e. The molecule has 26 heteroatoms. The number of hydrogen-bond donors (Lipinski definition) is 1. The number of aromatic amines is 1. The van der Waals surface area contributed by atoms with E-state index in [9.17, 15) is 66.7 Å². The van der Waals surface area contributed by atoms with E-state index in [0.717, 1.165) is 33.0 Å². The molecule has 0 bridgehead atoms. The molecule has 6 rings (SSSR count). The molecule has 2 amide bonds. The van der Waals surface area contributed by atoms with Gasteiger partial charge in [0, 0.05) is 29.5 Å². The van der Waals surface area contributed by atoms with Crippen LogP contribution in [0.15, 0.2) is 53.2 Å². The van der Waals surface area contributed by atoms with Crippen molar-refractivity contribution in [2.45, 2.75) is 37.3 Å². The predicted octanol–water partition coefficient (Wildman–Crippen LogP) is 9.45. The zero-order valence-corrected chi connectivity index (χ0v) is 32.3. The number of amides is 2. The average Bonchev–Trinajstić information content (AvgIpc) is 3.79. The number of nitrogens with one attached hydrogen (secondary N) is 1. The number of carbonyl (C=O) groups is 2. The first-order valence-corrected chi connectivity index (χ1v) is 17.5. The van der Waals surface area contributed by atoms with Crippen LogP contribution in [0.25, 0.3) is 29.0 Å². The first-order chi connectivity index (χ1) is 26.6. The van der Waals surface area contributed by atoms with Gasteiger partial charge >= 0.3 is 18.5 Å². The smallest absolute Gasteiger partial charge is 0.327 e. The van der Waals surface area contributed by atoms with Crippen molar-refractivity contribution in [1.82, 2.24) is 39.7 Å². The molecule has 0 unspecified atom stereocenters. The predicted molar refractivity (Wildman–Crippen MR) is 189 cm³/mol. The summed E-state index contributed by atoms with van der Waals surface area (Å²) in [7, 11) is 0. The molecule has 2 aromatic carbocycles. The molecule has 0 atom stereocenters. The summed E-state index contributed by atoms with van der Waals surface area (Å²) in [4.78, 5) is 32.0. The summed E-state index contributed by atoms with van der Waals surface area (Å²) in [6.07, 6.45) is -9.04. The van der Waals surface area contributed by atoms with Crippen molar-refractivity contribution in [2.75, 3.05) is 26.2 Å². The Morgan fingerprint density at radius 1 is 0.741 bits per heavy atom. The van der Waals surface area contributed by atoms with Crippen LogP contribution in [0.3, 0.4) is 0 Å². The lowest BCUT2D eigenvalue weighted by molar-refractivity contribution is -0.160. The van der Waals surface area contributed by atoms with Crippen LogP contribution < -0.4 is 0 Å². The first-order valence-electron chi connectivity index (χ1n) is 15.5. The molecular weight excluding hydrogens is 973 g/mol. The SMILES string of the molecule is Cc1cc(-c2ncn(/C=C\C(=O)N3CC(F)(F)C3)n2)cc(C(F)(F)F)c1Cl.FC(F)(F)c1cc(-c2ncn[nH]2)cc(C(F)(F)F)c1Cl.O=C(/C=C\I)N1CC(F)(F)C1. The van der Waals surface area contributed by atoms with Crippen molar-refractivity contribution in [3.05, 3.63) is 85.5 Å². The molecule has 0 saturated carbocycles. The van der Waals surface area contributed by atoms with Gasteiger partial charge in [0.1, 0.15) is 12.7 Å². The molecule has 2 aliphatic heterocycles. The number of carbonyl (C=O) groups excluding carboxylic acids is 2. The fourth-order valence-corrected chi connectivity index (χ4v) is 5.69. The molecule has 2 saturated heterocycles. The third kappa shape index (κ3) is 11.8. The molecule has 314 valence electrons. The maximum Gasteiger partial charge on any atom is 0.417 e. The highest BCUT2D eigenvalue weighted by Crippen LogP contribution is 2.44. The Balaban J connectivity index is 0.000000210. The number of aryl methyl sites for hydroxylation is 1. The maximum absolute atomic E-state index is 13.1. The van der Waals surface area contributed by atoms with Gasteiger partial charge in [-0.2, -0.15) is 44.6 Å². The lowest BCUT2D eigenvalue weighted by Gasteiger charge is -2.37. The van der Waals surface area contributed by atoms with Gasteiger partial charge in [-0.05, 0) is 40.8 Å². The van der Waals surface area contributed by atoms with Gasteiger partial charge in [0.15, 0.2) is 11.6 Å². The van der Waals surface area contributed by atoms with Crippen molar-refractivity contribution >= 4 is 63.8 Å². The van der Waals surface area contributed by atoms with Crippen molar-refractivity contribution in [2.24, 2.45) is 0 Å². The summed E-state index contributed by atoms with van der Waals surface area (Å²) >= 11 is 12.8. The van der Waals surface area contributed by atoms with Gasteiger partial charge in [0.2, 0.25) is 11.8 Å². The summed E-state index contributed by atoms with van der Waals surface area (Å²) in [5.41, 5.74) is -4.26. The number of rotatable bonds is 5. The van der Waals surface area contributed by atoms with Crippen molar-refractivity contribution in [1.29, 1.82) is 0 Å². The van der Waals surface area contributed by atoms with E-state index in [4.69, 9.17) is 23.2 Å². The highest BCUT2D eigenvalue weighted by molar-refractivity contribution is 14.1. The number of alkyl halides is 13. The molecule has 0 radical (unpaired) electrons. The van der Waals surface area contributed by atoms with Crippen molar-refractivity contribution < 1.29 is 66.7 Å². The second kappa shape index (κ2) is 17.4. The standard InChI is InChI=1S/C16H12ClF5N4O.C10H4ClF6N3.C6H6F2INO/c1-9-4-10(5-11(13(9)17)16(20,21)22)14-23-8-26(24-14)3-2-12(27)25-6-15(18,19)7-25;11-7-5(9(12,13)14)1-4(8-18-3-19-20-8)2-6(7)10(15,16)17;7-6(8)3-10(4-6)5(11)1-2-9/h2-5,8H,6-7H2,1H3;1-3H,(H,18,19,20);1-2H,3-4H2/b3-2-;;2-1-. The number of nitrogens with zero attached hydrogens (tertiary/aromatic N) is 7. The molecule has 4 heterocycles. The molecule has 1 N–H and O–H groups in total. The summed E-state index contributed by atoms with van der Waals surface area (Å²) < 4.78 is 168. The zero-order chi connectivity index (χ0) is 43.6. The lowest BCUT2D eigenvalue weighted by atomic mass is 10.0. The van der Waals surface area contributed by atoms with Crippen molar-refractivity contribution in [3.8, 4) is 22.8 Å². The number of aromatic nitrogens is 6. The van der Waals surface area contributed by atoms with Gasteiger partial charge in [-0.25, -0.2) is 32.2 Å². The third-order valence-electron chi connectivity index (χ3n) is 7.59. The van der Waals surface area contributed by atoms with E-state index in [0.29, 0.717) is 12.1 Å². The number of hydrogen-bond acceptors (Lipinski definition) is 6. The normalized spacial score (nSPS) is 16.3. The Labute approximate surface area is 340 Å². The molecule has 2 fully saturated rings. The first kappa shape index (κ1) is 46.2. The van der Waals surface area contributed by atoms with Gasteiger partial charge in [-0.1, -0.05) is 45.8 Å². The Morgan fingerprint density at radius 3 is 1.64 bits per heavy atom. The largest absolute Gasteiger partial charge is 0.417 e. The van der Waals surface area contributed by atoms with E-state index in [-0.39, 0.29) is 28.7 Å². The van der Waals surface area contributed by atoms with Crippen LogP contribution in [0.4, 0.5) is 57.1 Å². The molecule has 0 spiro atoms. The Kier molecular flexibility index (Phi) is 13.9. The molecule has 0 aliphatic carbocycles. The number of H-pyrrole nitrogens is 1. The summed E-state index contributed by atoms with van der Waals surface area (Å²) in [6, 6.07) is 3.22. The molecular formula is C32H22Cl2F13IN8O2. The second-order valence-corrected chi connectivity index (χ2v) is 13.6. The number of likely N-dealkylation sites (tertiary alicyclic amines) is 2. The zero-order valence-electron chi connectivity index (χ0n) is 28.6. The fraction of sp³-hybridized carbons (Fsp3) is 0.312. The fourth-order valence-electron chi connectivity index (χ4n) is 4.84. The summed E-state index contributed by atoms with van der Waals surface area (Å²) in [5, 5.41) is 7.74. The van der Waals surface area contributed by atoms with Crippen LogP contribution in [0, 0.1) is 6.92 Å². The third-order valence-corrected chi connectivity index (χ3v) is 8.85. The van der Waals surface area contributed by atoms with Gasteiger partial charge < -0.3 is 9.80 Å². The lowest BCUT2D eigenvalue weighted by Crippen LogP contribution is -2.58. The van der Waals surface area contributed by atoms with Crippen LogP contribution >= 0.6 is 45.8 Å². The highest BCUT2D eigenvalue weighted by atomic mass is 127. The average molecular weight is 995 g/mol. The van der Waals surface area contributed by atoms with Gasteiger partial charge in [0.05, 0.1) is 52.9 Å². The molecule has 4 aromatic rings. The molecule has 10 nitrogen and oxygen atoms in total. The number of benzene rings is 2. The van der Waals surface area contributed by atoms with Gasteiger partial charge in [0.25, 0.3) is 11.8 Å². The molecule has 2 aromatic heterocycles. The Morgan fingerprint density at radius 2 is 1.21 bits per heavy atom. The topological polar surface area (TPSA) is 113 Å². The van der Waals surface area contributed by atoms with Crippen LogP contribution in [-0.4, -0.2) is 89.6 Å². The summed E-state index contributed by atoms with van der Waals surface area (Å²) in [6.45, 7) is -0.745. The summed E-state index contributed by atoms with van der Waals surface area (Å²) in [5.74, 6) is -6.73. The van der Waals surface area contributed by atoms with E-state index in [1.807, 2.05) is 22.6 Å². The molecule has 2 aliphatic rings. The Hall–Kier alpha value is -4.46. The monoisotopic (exact) mass is 994 g/mol. The quantitative estimate of drug-likeness (QED) is 0.121. The maximum atomic E-state index is 13.1. The second-order valence-electron chi connectivity index (χ2n) is 12.1. The van der Waals surface area contributed by atoms with E-state index >= 15 is 0 Å². The van der Waals surface area contributed by atoms with Crippen LogP contribution in [0.5, 0.6) is 0 Å². The van der Waals surface area contributed by atoms with Crippen molar-refractivity contribution in [3.63, 3.8) is 0 Å². The van der Waals surface area contributed by atoms with Gasteiger partial charge in [-0.3, -0.25) is 14.7 Å². The van der Waals surface area contributed by atoms with Crippen LogP contribution in [0.1, 0.15) is 22.3 Å². The van der Waals surface area contributed by atoms with E-state index < -0.39 is 94.8 Å². The minimum atomic E-state index is -5.02. The van der Waals surface area contributed by atoms with E-state index in [1.165, 1.54) is 35.7 Å². The van der Waals surface area contributed by atoms with Gasteiger partial charge in [-0.15, -0.1) is 5.10 Å².